The summed E-state index contributed by atoms with van der Waals surface area (Å²) in [6.45, 7) is 0.311. The molecule has 1 aliphatic heterocycles. The van der Waals surface area contributed by atoms with Gasteiger partial charge in [-0.25, -0.2) is 0 Å². The number of aromatic hydroxyl groups is 1. The van der Waals surface area contributed by atoms with Crippen LogP contribution in [0.1, 0.15) is 17.0 Å². The Morgan fingerprint density at radius 2 is 1.76 bits per heavy atom. The van der Waals surface area contributed by atoms with Gasteiger partial charge in [0.15, 0.2) is 5.75 Å². The molecule has 0 spiro atoms. The van der Waals surface area contributed by atoms with Gasteiger partial charge in [0, 0.05) is 12.0 Å². The summed E-state index contributed by atoms with van der Waals surface area (Å²) in [7, 11) is 0. The Morgan fingerprint density at radius 3 is 2.40 bits per heavy atom. The molecule has 0 amide bonds. The zero-order chi connectivity index (χ0) is 18.0. The molecule has 0 aromatic heterocycles. The Bertz CT molecular complexity index is 821. The van der Waals surface area contributed by atoms with Gasteiger partial charge in [-0.2, -0.15) is 0 Å². The second-order valence-electron chi connectivity index (χ2n) is 5.34. The highest BCUT2D eigenvalue weighted by Crippen LogP contribution is 2.39. The molecule has 0 fully saturated rings. The van der Waals surface area contributed by atoms with Crippen molar-refractivity contribution >= 4 is 0 Å². The van der Waals surface area contributed by atoms with Crippen LogP contribution in [0.2, 0.25) is 0 Å². The number of nitrogens with zero attached hydrogens (tertiary/aromatic N) is 2. The first kappa shape index (κ1) is 16.3. The predicted molar refractivity (Wildman–Crippen MR) is 81.7 cm³/mol. The summed E-state index contributed by atoms with van der Waals surface area (Å²) >= 11 is 0. The van der Waals surface area contributed by atoms with Crippen LogP contribution < -0.4 is 14.4 Å². The van der Waals surface area contributed by atoms with Crippen LogP contribution in [0.4, 0.5) is 0 Å². The molecule has 0 bridgehead atoms. The molecule has 1 aliphatic rings. The van der Waals surface area contributed by atoms with E-state index in [1.165, 1.54) is 24.3 Å². The van der Waals surface area contributed by atoms with E-state index >= 15 is 0 Å². The average Bonchev–Trinajstić information content (AvgIpc) is 2.55. The lowest BCUT2D eigenvalue weighted by Crippen LogP contribution is -2.19. The minimum absolute atomic E-state index is 0.0427. The summed E-state index contributed by atoms with van der Waals surface area (Å²) < 4.78 is 5.61. The zero-order valence-electron chi connectivity index (χ0n) is 12.7. The monoisotopic (exact) mass is 348 g/mol. The Balaban J connectivity index is 1.77. The molecule has 2 aromatic carbocycles. The Labute approximate surface area is 140 Å². The largest absolute Gasteiger partial charge is 0.506 e. The zero-order valence-corrected chi connectivity index (χ0v) is 12.7. The van der Waals surface area contributed by atoms with Gasteiger partial charge in [-0.15, -0.1) is 20.2 Å². The number of fused-ring (bicyclic) bond motifs is 1. The second-order valence-corrected chi connectivity index (χ2v) is 5.34. The lowest BCUT2D eigenvalue weighted by atomic mass is 9.90. The molecule has 1 heterocycles. The summed E-state index contributed by atoms with van der Waals surface area (Å²) in [4.78, 5) is 29.4. The number of rotatable bonds is 5. The van der Waals surface area contributed by atoms with Crippen LogP contribution in [-0.4, -0.2) is 21.9 Å². The standard InChI is InChI=1S/C15H12N2O8/c18-13-6-10-5-11(8-23-14(10)7-15(13)25-17(21)22)9-1-3-12(4-2-9)24-16(19)20/h1-4,6-7,11,18H,5,8H2. The summed E-state index contributed by atoms with van der Waals surface area (Å²) in [6.07, 6.45) is 0.525. The highest BCUT2D eigenvalue weighted by Gasteiger charge is 2.24. The third-order valence-corrected chi connectivity index (χ3v) is 3.75. The predicted octanol–water partition coefficient (Wildman–Crippen LogP) is 2.25. The fourth-order valence-corrected chi connectivity index (χ4v) is 2.66. The number of ether oxygens (including phenoxy) is 1. The van der Waals surface area contributed by atoms with E-state index in [4.69, 9.17) is 4.74 Å². The van der Waals surface area contributed by atoms with Crippen LogP contribution in [-0.2, 0) is 6.42 Å². The van der Waals surface area contributed by atoms with Crippen molar-refractivity contribution in [2.45, 2.75) is 12.3 Å². The van der Waals surface area contributed by atoms with Crippen LogP contribution in [0.3, 0.4) is 0 Å². The van der Waals surface area contributed by atoms with Crippen molar-refractivity contribution in [3.05, 3.63) is 67.8 Å². The fourth-order valence-electron chi connectivity index (χ4n) is 2.66. The highest BCUT2D eigenvalue weighted by atomic mass is 17.0. The molecule has 0 saturated carbocycles. The van der Waals surface area contributed by atoms with Gasteiger partial charge >= 0.3 is 0 Å². The van der Waals surface area contributed by atoms with Crippen molar-refractivity contribution in [2.24, 2.45) is 0 Å². The highest BCUT2D eigenvalue weighted by molar-refractivity contribution is 5.51. The van der Waals surface area contributed by atoms with Crippen molar-refractivity contribution in [3.8, 4) is 23.0 Å². The first-order valence-corrected chi connectivity index (χ1v) is 7.15. The van der Waals surface area contributed by atoms with Crippen LogP contribution in [0.15, 0.2) is 36.4 Å². The summed E-state index contributed by atoms with van der Waals surface area (Å²) in [5, 5.41) is 28.6. The molecule has 3 rings (SSSR count). The Hall–Kier alpha value is -3.56. The van der Waals surface area contributed by atoms with E-state index in [0.717, 1.165) is 5.56 Å². The van der Waals surface area contributed by atoms with Crippen molar-refractivity contribution < 1.29 is 29.7 Å². The van der Waals surface area contributed by atoms with Gasteiger partial charge in [0.1, 0.15) is 17.2 Å². The molecule has 10 heteroatoms. The molecular weight excluding hydrogens is 336 g/mol. The van der Waals surface area contributed by atoms with Crippen LogP contribution >= 0.6 is 0 Å². The van der Waals surface area contributed by atoms with Gasteiger partial charge in [0.25, 0.3) is 10.2 Å². The van der Waals surface area contributed by atoms with Gasteiger partial charge in [0.2, 0.25) is 0 Å². The van der Waals surface area contributed by atoms with Crippen LogP contribution in [0, 0.1) is 20.2 Å². The molecule has 0 aliphatic carbocycles. The lowest BCUT2D eigenvalue weighted by molar-refractivity contribution is -0.711. The average molecular weight is 348 g/mol. The van der Waals surface area contributed by atoms with Crippen molar-refractivity contribution in [1.29, 1.82) is 0 Å². The number of hydrogen-bond acceptors (Lipinski definition) is 8. The van der Waals surface area contributed by atoms with Crippen LogP contribution in [0.25, 0.3) is 0 Å². The van der Waals surface area contributed by atoms with Crippen molar-refractivity contribution in [1.82, 2.24) is 0 Å². The maximum absolute atomic E-state index is 10.4. The van der Waals surface area contributed by atoms with E-state index < -0.39 is 10.2 Å². The molecular formula is C15H12N2O8. The fraction of sp³-hybridized carbons (Fsp3) is 0.200. The third-order valence-electron chi connectivity index (χ3n) is 3.75. The Kier molecular flexibility index (Phi) is 4.25. The number of benzene rings is 2. The molecule has 2 aromatic rings. The molecule has 1 unspecified atom stereocenters. The lowest BCUT2D eigenvalue weighted by Gasteiger charge is -2.26. The first-order valence-electron chi connectivity index (χ1n) is 7.15. The normalized spacial score (nSPS) is 15.6. The van der Waals surface area contributed by atoms with E-state index in [9.17, 15) is 25.3 Å². The SMILES string of the molecule is O=[N+]([O-])Oc1ccc(C2COc3cc(O[N+](=O)[O-])c(O)cc3C2)cc1. The minimum atomic E-state index is -1.01. The molecule has 0 radical (unpaired) electrons. The van der Waals surface area contributed by atoms with E-state index in [-0.39, 0.29) is 23.2 Å². The van der Waals surface area contributed by atoms with Gasteiger partial charge in [-0.05, 0) is 35.7 Å². The van der Waals surface area contributed by atoms with Gasteiger partial charge in [-0.1, -0.05) is 12.1 Å². The van der Waals surface area contributed by atoms with Gasteiger partial charge < -0.3 is 9.84 Å². The maximum atomic E-state index is 10.4. The smallest absolute Gasteiger partial charge is 0.299 e. The molecule has 1 atom stereocenters. The second kappa shape index (κ2) is 6.51. The molecule has 0 saturated heterocycles. The quantitative estimate of drug-likeness (QED) is 0.642. The van der Waals surface area contributed by atoms with E-state index in [2.05, 4.69) is 9.68 Å². The number of hydrogen-bond donors (Lipinski definition) is 1. The molecule has 25 heavy (non-hydrogen) atoms. The van der Waals surface area contributed by atoms with E-state index in [1.54, 1.807) is 12.1 Å². The molecule has 130 valence electrons. The number of phenolic OH excluding ortho intramolecular Hbond substituents is 1. The topological polar surface area (TPSA) is 134 Å². The third kappa shape index (κ3) is 3.68. The van der Waals surface area contributed by atoms with E-state index in [0.29, 0.717) is 24.3 Å². The van der Waals surface area contributed by atoms with Crippen molar-refractivity contribution in [3.63, 3.8) is 0 Å². The van der Waals surface area contributed by atoms with Gasteiger partial charge in [0.05, 0.1) is 6.61 Å². The summed E-state index contributed by atoms with van der Waals surface area (Å²) in [5.74, 6) is -0.166. The molecule has 10 nitrogen and oxygen atoms in total. The number of phenols is 1. The Morgan fingerprint density at radius 1 is 1.08 bits per heavy atom. The van der Waals surface area contributed by atoms with E-state index in [1.807, 2.05) is 0 Å². The maximum Gasteiger partial charge on any atom is 0.299 e. The minimum Gasteiger partial charge on any atom is -0.506 e. The first-order chi connectivity index (χ1) is 11.9. The van der Waals surface area contributed by atoms with Crippen molar-refractivity contribution in [2.75, 3.05) is 6.61 Å². The summed E-state index contributed by atoms with van der Waals surface area (Å²) in [6, 6.07) is 9.00. The molecule has 1 N–H and O–H groups in total. The summed E-state index contributed by atoms with van der Waals surface area (Å²) in [5.41, 5.74) is 1.56. The van der Waals surface area contributed by atoms with Gasteiger partial charge in [-0.3, -0.25) is 9.68 Å². The van der Waals surface area contributed by atoms with Crippen LogP contribution in [0.5, 0.6) is 23.0 Å².